The van der Waals surface area contributed by atoms with E-state index in [2.05, 4.69) is 25.3 Å². The molecular weight excluding hydrogens is 340 g/mol. The van der Waals surface area contributed by atoms with Gasteiger partial charge in [-0.15, -0.1) is 0 Å². The predicted octanol–water partition coefficient (Wildman–Crippen LogP) is 1.97. The summed E-state index contributed by atoms with van der Waals surface area (Å²) in [5, 5.41) is 2.95. The van der Waals surface area contributed by atoms with Crippen LogP contribution in [0.15, 0.2) is 47.4 Å². The van der Waals surface area contributed by atoms with E-state index in [-0.39, 0.29) is 16.8 Å². The minimum absolute atomic E-state index is 0.0371. The molecule has 25 heavy (non-hydrogen) atoms. The Kier molecular flexibility index (Phi) is 4.32. The maximum atomic E-state index is 11.7. The SMILES string of the molecule is Cc1cccc(-c2nc(N)nc(Nc3cccc(S(C)(=O)=O)c3)n2)n1. The van der Waals surface area contributed by atoms with Gasteiger partial charge in [0.1, 0.15) is 5.69 Å². The van der Waals surface area contributed by atoms with Crippen LogP contribution in [-0.4, -0.2) is 34.6 Å². The normalized spacial score (nSPS) is 11.3. The van der Waals surface area contributed by atoms with E-state index in [0.717, 1.165) is 11.9 Å². The van der Waals surface area contributed by atoms with E-state index in [0.29, 0.717) is 17.2 Å². The summed E-state index contributed by atoms with van der Waals surface area (Å²) in [6.45, 7) is 1.86. The van der Waals surface area contributed by atoms with Gasteiger partial charge in [-0.25, -0.2) is 13.4 Å². The molecule has 1 aromatic carbocycles. The van der Waals surface area contributed by atoms with Crippen LogP contribution in [-0.2, 0) is 9.84 Å². The lowest BCUT2D eigenvalue weighted by atomic mass is 10.3. The van der Waals surface area contributed by atoms with Crippen LogP contribution < -0.4 is 11.1 Å². The molecule has 3 N–H and O–H groups in total. The lowest BCUT2D eigenvalue weighted by Gasteiger charge is -2.08. The van der Waals surface area contributed by atoms with Gasteiger partial charge in [-0.05, 0) is 37.3 Å². The average molecular weight is 356 g/mol. The Bertz CT molecular complexity index is 1040. The number of hydrogen-bond acceptors (Lipinski definition) is 8. The Morgan fingerprint density at radius 3 is 2.48 bits per heavy atom. The molecule has 0 atom stereocenters. The van der Waals surface area contributed by atoms with Crippen molar-refractivity contribution in [2.75, 3.05) is 17.3 Å². The molecule has 0 fully saturated rings. The number of anilines is 3. The van der Waals surface area contributed by atoms with Crippen molar-refractivity contribution in [2.24, 2.45) is 0 Å². The van der Waals surface area contributed by atoms with Gasteiger partial charge >= 0.3 is 0 Å². The zero-order chi connectivity index (χ0) is 18.0. The third-order valence-electron chi connectivity index (χ3n) is 3.29. The number of aryl methyl sites for hydroxylation is 1. The lowest BCUT2D eigenvalue weighted by Crippen LogP contribution is -2.06. The van der Waals surface area contributed by atoms with E-state index < -0.39 is 9.84 Å². The van der Waals surface area contributed by atoms with Crippen molar-refractivity contribution in [3.63, 3.8) is 0 Å². The minimum atomic E-state index is -3.31. The molecule has 8 nitrogen and oxygen atoms in total. The van der Waals surface area contributed by atoms with Crippen LogP contribution in [0.5, 0.6) is 0 Å². The summed E-state index contributed by atoms with van der Waals surface area (Å²) in [6, 6.07) is 11.8. The summed E-state index contributed by atoms with van der Waals surface area (Å²) in [5.41, 5.74) is 7.68. The molecule has 0 unspecified atom stereocenters. The van der Waals surface area contributed by atoms with Crippen molar-refractivity contribution in [2.45, 2.75) is 11.8 Å². The van der Waals surface area contributed by atoms with E-state index in [1.165, 1.54) is 12.1 Å². The zero-order valence-corrected chi connectivity index (χ0v) is 14.4. The summed E-state index contributed by atoms with van der Waals surface area (Å²) in [6.07, 6.45) is 1.15. The molecule has 0 saturated heterocycles. The highest BCUT2D eigenvalue weighted by Crippen LogP contribution is 2.20. The molecule has 0 bridgehead atoms. The van der Waals surface area contributed by atoms with E-state index >= 15 is 0 Å². The quantitative estimate of drug-likeness (QED) is 0.727. The lowest BCUT2D eigenvalue weighted by molar-refractivity contribution is 0.602. The number of pyridine rings is 1. The van der Waals surface area contributed by atoms with Gasteiger partial charge in [-0.2, -0.15) is 15.0 Å². The molecular formula is C16H16N6O2S. The van der Waals surface area contributed by atoms with E-state index in [4.69, 9.17) is 5.73 Å². The maximum absolute atomic E-state index is 11.7. The second-order valence-electron chi connectivity index (χ2n) is 5.43. The third kappa shape index (κ3) is 4.07. The molecule has 3 aromatic rings. The summed E-state index contributed by atoms with van der Waals surface area (Å²) in [4.78, 5) is 17.0. The largest absolute Gasteiger partial charge is 0.368 e. The molecule has 2 aromatic heterocycles. The highest BCUT2D eigenvalue weighted by molar-refractivity contribution is 7.90. The van der Waals surface area contributed by atoms with Gasteiger partial charge in [-0.3, -0.25) is 0 Å². The molecule has 0 saturated carbocycles. The van der Waals surface area contributed by atoms with Crippen LogP contribution >= 0.6 is 0 Å². The van der Waals surface area contributed by atoms with Crippen molar-refractivity contribution in [1.82, 2.24) is 19.9 Å². The Morgan fingerprint density at radius 2 is 1.76 bits per heavy atom. The van der Waals surface area contributed by atoms with Crippen molar-refractivity contribution in [1.29, 1.82) is 0 Å². The molecule has 0 aliphatic heterocycles. The first-order chi connectivity index (χ1) is 11.8. The molecule has 0 aliphatic rings. The van der Waals surface area contributed by atoms with Crippen molar-refractivity contribution >= 4 is 27.4 Å². The van der Waals surface area contributed by atoms with Crippen molar-refractivity contribution < 1.29 is 8.42 Å². The molecule has 2 heterocycles. The van der Waals surface area contributed by atoms with Gasteiger partial charge < -0.3 is 11.1 Å². The first-order valence-corrected chi connectivity index (χ1v) is 9.23. The Hall–Kier alpha value is -3.07. The van der Waals surface area contributed by atoms with Crippen LogP contribution in [0, 0.1) is 6.92 Å². The number of sulfone groups is 1. The van der Waals surface area contributed by atoms with Crippen LogP contribution in [0.25, 0.3) is 11.5 Å². The number of rotatable bonds is 4. The highest BCUT2D eigenvalue weighted by atomic mass is 32.2. The molecule has 0 spiro atoms. The fourth-order valence-corrected chi connectivity index (χ4v) is 2.83. The molecule has 3 rings (SSSR count). The summed E-state index contributed by atoms with van der Waals surface area (Å²) < 4.78 is 23.3. The number of aromatic nitrogens is 4. The number of nitrogens with one attached hydrogen (secondary N) is 1. The van der Waals surface area contributed by atoms with Crippen LogP contribution in [0.1, 0.15) is 5.69 Å². The number of nitrogens with zero attached hydrogens (tertiary/aromatic N) is 4. The molecule has 0 amide bonds. The summed E-state index contributed by atoms with van der Waals surface area (Å²) >= 11 is 0. The number of nitrogen functional groups attached to an aromatic ring is 1. The highest BCUT2D eigenvalue weighted by Gasteiger charge is 2.11. The van der Waals surface area contributed by atoms with Gasteiger partial charge in [0, 0.05) is 17.6 Å². The zero-order valence-electron chi connectivity index (χ0n) is 13.6. The fraction of sp³-hybridized carbons (Fsp3) is 0.125. The average Bonchev–Trinajstić information content (AvgIpc) is 2.54. The monoisotopic (exact) mass is 356 g/mol. The fourth-order valence-electron chi connectivity index (χ4n) is 2.16. The first-order valence-electron chi connectivity index (χ1n) is 7.34. The van der Waals surface area contributed by atoms with Crippen molar-refractivity contribution in [3.05, 3.63) is 48.2 Å². The van der Waals surface area contributed by atoms with Gasteiger partial charge in [0.05, 0.1) is 4.90 Å². The predicted molar refractivity (Wildman–Crippen MR) is 95.0 cm³/mol. The van der Waals surface area contributed by atoms with E-state index in [1.54, 1.807) is 18.2 Å². The Morgan fingerprint density at radius 1 is 1.00 bits per heavy atom. The molecule has 128 valence electrons. The van der Waals surface area contributed by atoms with Gasteiger partial charge in [0.25, 0.3) is 0 Å². The van der Waals surface area contributed by atoms with Crippen molar-refractivity contribution in [3.8, 4) is 11.5 Å². The van der Waals surface area contributed by atoms with Crippen LogP contribution in [0.2, 0.25) is 0 Å². The second-order valence-corrected chi connectivity index (χ2v) is 7.45. The van der Waals surface area contributed by atoms with Crippen LogP contribution in [0.4, 0.5) is 17.6 Å². The standard InChI is InChI=1S/C16H16N6O2S/c1-10-5-3-8-13(18-10)14-20-15(17)22-16(21-14)19-11-6-4-7-12(9-11)25(2,23)24/h3-9H,1-2H3,(H3,17,19,20,21,22). The van der Waals surface area contributed by atoms with Crippen LogP contribution in [0.3, 0.4) is 0 Å². The Labute approximate surface area is 145 Å². The van der Waals surface area contributed by atoms with E-state index in [1.807, 2.05) is 19.1 Å². The molecule has 9 heteroatoms. The van der Waals surface area contributed by atoms with Gasteiger partial charge in [-0.1, -0.05) is 12.1 Å². The summed E-state index contributed by atoms with van der Waals surface area (Å²) in [7, 11) is -3.31. The number of nitrogens with two attached hydrogens (primary N) is 1. The topological polar surface area (TPSA) is 124 Å². The molecule has 0 aliphatic carbocycles. The molecule has 0 radical (unpaired) electrons. The smallest absolute Gasteiger partial charge is 0.232 e. The number of benzene rings is 1. The van der Waals surface area contributed by atoms with Gasteiger partial charge in [0.2, 0.25) is 11.9 Å². The maximum Gasteiger partial charge on any atom is 0.232 e. The second kappa shape index (κ2) is 6.44. The van der Waals surface area contributed by atoms with Gasteiger partial charge in [0.15, 0.2) is 15.7 Å². The number of hydrogen-bond donors (Lipinski definition) is 2. The first kappa shape index (κ1) is 16.8. The Balaban J connectivity index is 1.96. The summed E-state index contributed by atoms with van der Waals surface area (Å²) in [5.74, 6) is 0.574. The van der Waals surface area contributed by atoms with E-state index in [9.17, 15) is 8.42 Å². The third-order valence-corrected chi connectivity index (χ3v) is 4.40. The minimum Gasteiger partial charge on any atom is -0.368 e.